The molecule has 0 unspecified atom stereocenters. The summed E-state index contributed by atoms with van der Waals surface area (Å²) >= 11 is 3.43. The van der Waals surface area contributed by atoms with E-state index in [0.29, 0.717) is 0 Å². The average molecular weight is 250 g/mol. The molecule has 0 spiro atoms. The van der Waals surface area contributed by atoms with Crippen molar-refractivity contribution in [2.24, 2.45) is 0 Å². The van der Waals surface area contributed by atoms with Crippen LogP contribution >= 0.6 is 15.9 Å². The van der Waals surface area contributed by atoms with Gasteiger partial charge in [-0.15, -0.1) is 0 Å². The van der Waals surface area contributed by atoms with Crippen LogP contribution in [0.5, 0.6) is 0 Å². The number of halogens is 2. The van der Waals surface area contributed by atoms with Crippen LogP contribution in [0.4, 0.5) is 4.39 Å². The van der Waals surface area contributed by atoms with Crippen molar-refractivity contribution in [1.82, 2.24) is 0 Å². The number of rotatable bonds is 1. The second-order valence-corrected chi connectivity index (χ2v) is 3.75. The third kappa shape index (κ3) is 1.85. The van der Waals surface area contributed by atoms with Crippen molar-refractivity contribution in [2.75, 3.05) is 0 Å². The summed E-state index contributed by atoms with van der Waals surface area (Å²) in [6.45, 7) is 0. The molecule has 1 radical (unpaired) electrons. The molecule has 0 saturated heterocycles. The first-order valence-corrected chi connectivity index (χ1v) is 4.99. The highest BCUT2D eigenvalue weighted by atomic mass is 79.9. The van der Waals surface area contributed by atoms with Crippen LogP contribution in [0.2, 0.25) is 0 Å². The summed E-state index contributed by atoms with van der Waals surface area (Å²) in [6.07, 6.45) is 0. The second-order valence-electron chi connectivity index (χ2n) is 2.90. The van der Waals surface area contributed by atoms with Crippen molar-refractivity contribution in [3.63, 3.8) is 0 Å². The van der Waals surface area contributed by atoms with Crippen molar-refractivity contribution < 1.29 is 4.39 Å². The largest absolute Gasteiger partial charge is 0.207 e. The molecule has 0 aliphatic rings. The molecule has 0 heterocycles. The molecule has 0 nitrogen and oxygen atoms in total. The standard InChI is InChI=1S/C12H7BrF/c13-12-4-2-1-3-11(12)9-5-7-10(14)8-6-9/h1-2,4-8H. The van der Waals surface area contributed by atoms with E-state index < -0.39 is 0 Å². The van der Waals surface area contributed by atoms with Gasteiger partial charge >= 0.3 is 0 Å². The first-order chi connectivity index (χ1) is 6.77. The molecule has 0 aliphatic carbocycles. The zero-order chi connectivity index (χ0) is 9.97. The lowest BCUT2D eigenvalue weighted by atomic mass is 10.1. The van der Waals surface area contributed by atoms with E-state index in [1.807, 2.05) is 18.2 Å². The summed E-state index contributed by atoms with van der Waals surface area (Å²) in [5.74, 6) is -0.221. The highest BCUT2D eigenvalue weighted by molar-refractivity contribution is 9.10. The third-order valence-corrected chi connectivity index (χ3v) is 2.60. The summed E-state index contributed by atoms with van der Waals surface area (Å²) in [4.78, 5) is 0. The first kappa shape index (κ1) is 9.41. The van der Waals surface area contributed by atoms with Gasteiger partial charge in [0.2, 0.25) is 0 Å². The predicted molar refractivity (Wildman–Crippen MR) is 58.4 cm³/mol. The van der Waals surface area contributed by atoms with Crippen molar-refractivity contribution in [3.05, 3.63) is 58.8 Å². The van der Waals surface area contributed by atoms with E-state index in [9.17, 15) is 4.39 Å². The third-order valence-electron chi connectivity index (χ3n) is 1.94. The van der Waals surface area contributed by atoms with E-state index in [-0.39, 0.29) is 5.82 Å². The molecule has 0 amide bonds. The van der Waals surface area contributed by atoms with Crippen LogP contribution in [0, 0.1) is 11.9 Å². The molecule has 0 aliphatic heterocycles. The molecule has 0 atom stereocenters. The lowest BCUT2D eigenvalue weighted by molar-refractivity contribution is 0.628. The molecular weight excluding hydrogens is 243 g/mol. The number of hydrogen-bond donors (Lipinski definition) is 0. The molecule has 0 fully saturated rings. The van der Waals surface area contributed by atoms with Crippen molar-refractivity contribution in [1.29, 1.82) is 0 Å². The average Bonchev–Trinajstić information content (AvgIpc) is 2.20. The SMILES string of the molecule is Fc1ccc(-c2[c]cccc2Br)cc1. The number of benzene rings is 2. The van der Waals surface area contributed by atoms with Gasteiger partial charge in [0.05, 0.1) is 0 Å². The molecule has 2 aromatic carbocycles. The maximum absolute atomic E-state index is 12.7. The van der Waals surface area contributed by atoms with Gasteiger partial charge < -0.3 is 0 Å². The molecule has 0 N–H and O–H groups in total. The molecule has 0 aromatic heterocycles. The van der Waals surface area contributed by atoms with Gasteiger partial charge in [0.1, 0.15) is 5.82 Å². The minimum atomic E-state index is -0.221. The van der Waals surface area contributed by atoms with Gasteiger partial charge in [-0.1, -0.05) is 40.2 Å². The van der Waals surface area contributed by atoms with Gasteiger partial charge in [0.15, 0.2) is 0 Å². The van der Waals surface area contributed by atoms with Crippen LogP contribution in [0.25, 0.3) is 11.1 Å². The fraction of sp³-hybridized carbons (Fsp3) is 0. The van der Waals surface area contributed by atoms with Crippen LogP contribution in [0.3, 0.4) is 0 Å². The van der Waals surface area contributed by atoms with E-state index in [0.717, 1.165) is 15.6 Å². The second kappa shape index (κ2) is 3.93. The Bertz CT molecular complexity index is 434. The molecule has 2 aromatic rings. The Morgan fingerprint density at radius 1 is 1.07 bits per heavy atom. The topological polar surface area (TPSA) is 0 Å². The van der Waals surface area contributed by atoms with E-state index >= 15 is 0 Å². The lowest BCUT2D eigenvalue weighted by Gasteiger charge is -2.02. The zero-order valence-corrected chi connectivity index (χ0v) is 8.88. The maximum atomic E-state index is 12.7. The lowest BCUT2D eigenvalue weighted by Crippen LogP contribution is -1.80. The van der Waals surface area contributed by atoms with Crippen LogP contribution < -0.4 is 0 Å². The normalized spacial score (nSPS) is 10.1. The molecule has 0 saturated carbocycles. The Balaban J connectivity index is 2.50. The fourth-order valence-electron chi connectivity index (χ4n) is 1.25. The Morgan fingerprint density at radius 2 is 1.79 bits per heavy atom. The van der Waals surface area contributed by atoms with Gasteiger partial charge in [0.25, 0.3) is 0 Å². The van der Waals surface area contributed by atoms with E-state index in [4.69, 9.17) is 0 Å². The summed E-state index contributed by atoms with van der Waals surface area (Å²) in [7, 11) is 0. The maximum Gasteiger partial charge on any atom is 0.123 e. The van der Waals surface area contributed by atoms with Gasteiger partial charge in [-0.05, 0) is 29.8 Å². The summed E-state index contributed by atoms with van der Waals surface area (Å²) in [5, 5.41) is 0. The van der Waals surface area contributed by atoms with Gasteiger partial charge in [0, 0.05) is 10.0 Å². The van der Waals surface area contributed by atoms with Crippen molar-refractivity contribution in [3.8, 4) is 11.1 Å². The molecule has 2 rings (SSSR count). The van der Waals surface area contributed by atoms with E-state index in [1.165, 1.54) is 12.1 Å². The number of hydrogen-bond acceptors (Lipinski definition) is 0. The highest BCUT2D eigenvalue weighted by Crippen LogP contribution is 2.27. The highest BCUT2D eigenvalue weighted by Gasteiger charge is 2.01. The fourth-order valence-corrected chi connectivity index (χ4v) is 1.75. The Hall–Kier alpha value is -1.15. The Morgan fingerprint density at radius 3 is 2.43 bits per heavy atom. The van der Waals surface area contributed by atoms with Gasteiger partial charge in [-0.25, -0.2) is 4.39 Å². The van der Waals surface area contributed by atoms with Crippen molar-refractivity contribution in [2.45, 2.75) is 0 Å². The van der Waals surface area contributed by atoms with E-state index in [2.05, 4.69) is 22.0 Å². The Kier molecular flexibility index (Phi) is 2.64. The van der Waals surface area contributed by atoms with Crippen LogP contribution in [-0.2, 0) is 0 Å². The smallest absolute Gasteiger partial charge is 0.123 e. The first-order valence-electron chi connectivity index (χ1n) is 4.19. The van der Waals surface area contributed by atoms with Crippen LogP contribution in [-0.4, -0.2) is 0 Å². The molecule has 0 bridgehead atoms. The summed E-state index contributed by atoms with van der Waals surface area (Å²) in [5.41, 5.74) is 1.91. The molecule has 14 heavy (non-hydrogen) atoms. The monoisotopic (exact) mass is 249 g/mol. The Labute approximate surface area is 90.5 Å². The predicted octanol–water partition coefficient (Wildman–Crippen LogP) is 4.06. The van der Waals surface area contributed by atoms with E-state index in [1.54, 1.807) is 12.1 Å². The zero-order valence-electron chi connectivity index (χ0n) is 7.30. The summed E-state index contributed by atoms with van der Waals surface area (Å²) in [6, 6.07) is 15.2. The van der Waals surface area contributed by atoms with Crippen LogP contribution in [0.15, 0.2) is 46.9 Å². The van der Waals surface area contributed by atoms with Gasteiger partial charge in [-0.2, -0.15) is 0 Å². The molecule has 2 heteroatoms. The molecule has 69 valence electrons. The van der Waals surface area contributed by atoms with Gasteiger partial charge in [-0.3, -0.25) is 0 Å². The molecular formula is C12H7BrF. The minimum Gasteiger partial charge on any atom is -0.207 e. The van der Waals surface area contributed by atoms with Crippen LogP contribution in [0.1, 0.15) is 0 Å². The van der Waals surface area contributed by atoms with Crippen molar-refractivity contribution >= 4 is 15.9 Å². The summed E-state index contributed by atoms with van der Waals surface area (Å²) < 4.78 is 13.6. The quantitative estimate of drug-likeness (QED) is 0.716. The minimum absolute atomic E-state index is 0.221.